The van der Waals surface area contributed by atoms with Crippen LogP contribution >= 0.6 is 0 Å². The third-order valence-corrected chi connectivity index (χ3v) is 8.41. The molecule has 0 radical (unpaired) electrons. The van der Waals surface area contributed by atoms with Gasteiger partial charge in [0, 0.05) is 19.4 Å². The van der Waals surface area contributed by atoms with E-state index < -0.39 is 42.1 Å². The molecular formula is C28H40O8. The van der Waals surface area contributed by atoms with Crippen molar-refractivity contribution in [1.82, 2.24) is 0 Å². The molecule has 1 saturated carbocycles. The minimum Gasteiger partial charge on any atom is -0.458 e. The van der Waals surface area contributed by atoms with Gasteiger partial charge in [0.15, 0.2) is 0 Å². The van der Waals surface area contributed by atoms with Crippen LogP contribution in [0.4, 0.5) is 0 Å². The molecule has 0 aromatic carbocycles. The molecule has 0 bridgehead atoms. The van der Waals surface area contributed by atoms with Crippen molar-refractivity contribution in [1.29, 1.82) is 0 Å². The van der Waals surface area contributed by atoms with Gasteiger partial charge in [-0.15, -0.1) is 0 Å². The number of allylic oxidation sites excluding steroid dienone is 2. The summed E-state index contributed by atoms with van der Waals surface area (Å²) in [6, 6.07) is 0. The second kappa shape index (κ2) is 10.5. The van der Waals surface area contributed by atoms with E-state index in [1.54, 1.807) is 26.0 Å². The van der Waals surface area contributed by atoms with Crippen molar-refractivity contribution in [2.24, 2.45) is 28.6 Å². The molecule has 3 rings (SSSR count). The molecule has 0 amide bonds. The van der Waals surface area contributed by atoms with Gasteiger partial charge >= 0.3 is 17.9 Å². The second-order valence-corrected chi connectivity index (χ2v) is 11.0. The van der Waals surface area contributed by atoms with E-state index in [1.165, 1.54) is 13.8 Å². The lowest BCUT2D eigenvalue weighted by molar-refractivity contribution is -0.254. The Morgan fingerprint density at radius 3 is 2.39 bits per heavy atom. The molecule has 0 aromatic heterocycles. The van der Waals surface area contributed by atoms with E-state index in [0.29, 0.717) is 24.8 Å². The second-order valence-electron chi connectivity index (χ2n) is 11.0. The molecule has 8 heteroatoms. The summed E-state index contributed by atoms with van der Waals surface area (Å²) in [7, 11) is 0. The van der Waals surface area contributed by atoms with E-state index in [9.17, 15) is 19.5 Å². The lowest BCUT2D eigenvalue weighted by Gasteiger charge is -2.60. The van der Waals surface area contributed by atoms with Crippen LogP contribution in [0.2, 0.25) is 0 Å². The number of aliphatic hydroxyl groups is 1. The SMILES string of the molecule is C=CC(=C)CCC1(C)C(C)CC(O)C23C(=CC(OC(=O)C(C)C)CC12)C(OC(C)=O)OC3OC(C)=O. The molecule has 1 aliphatic heterocycles. The van der Waals surface area contributed by atoms with Crippen LogP contribution in [0.15, 0.2) is 36.5 Å². The van der Waals surface area contributed by atoms with E-state index in [2.05, 4.69) is 27.0 Å². The number of esters is 3. The molecular weight excluding hydrogens is 464 g/mol. The third kappa shape index (κ3) is 4.90. The Labute approximate surface area is 213 Å². The first kappa shape index (κ1) is 28.1. The van der Waals surface area contributed by atoms with Gasteiger partial charge in [-0.25, -0.2) is 0 Å². The number of carbonyl (C=O) groups is 3. The summed E-state index contributed by atoms with van der Waals surface area (Å²) >= 11 is 0. The summed E-state index contributed by atoms with van der Waals surface area (Å²) in [5, 5.41) is 11.7. The highest BCUT2D eigenvalue weighted by Crippen LogP contribution is 2.67. The van der Waals surface area contributed by atoms with E-state index in [0.717, 1.165) is 12.0 Å². The largest absolute Gasteiger partial charge is 0.458 e. The van der Waals surface area contributed by atoms with E-state index in [4.69, 9.17) is 18.9 Å². The van der Waals surface area contributed by atoms with Gasteiger partial charge in [0.05, 0.1) is 17.4 Å². The zero-order chi connectivity index (χ0) is 27.0. The number of aliphatic hydroxyl groups excluding tert-OH is 1. The fourth-order valence-corrected chi connectivity index (χ4v) is 6.30. The van der Waals surface area contributed by atoms with Crippen molar-refractivity contribution in [3.8, 4) is 0 Å². The summed E-state index contributed by atoms with van der Waals surface area (Å²) in [5.41, 5.74) is -0.173. The predicted octanol–water partition coefficient (Wildman–Crippen LogP) is 4.22. The van der Waals surface area contributed by atoms with Crippen molar-refractivity contribution in [3.05, 3.63) is 36.5 Å². The smallest absolute Gasteiger partial charge is 0.308 e. The van der Waals surface area contributed by atoms with Crippen LogP contribution < -0.4 is 0 Å². The number of rotatable bonds is 8. The van der Waals surface area contributed by atoms with Gasteiger partial charge in [0.25, 0.3) is 0 Å². The van der Waals surface area contributed by atoms with Crippen LogP contribution in [0.3, 0.4) is 0 Å². The van der Waals surface area contributed by atoms with Crippen LogP contribution in [0.25, 0.3) is 0 Å². The molecule has 200 valence electrons. The van der Waals surface area contributed by atoms with Crippen LogP contribution in [-0.2, 0) is 33.3 Å². The quantitative estimate of drug-likeness (QED) is 0.226. The van der Waals surface area contributed by atoms with Gasteiger partial charge in [0.1, 0.15) is 6.10 Å². The van der Waals surface area contributed by atoms with Gasteiger partial charge in [-0.2, -0.15) is 0 Å². The molecule has 3 aliphatic rings. The van der Waals surface area contributed by atoms with Crippen molar-refractivity contribution in [2.45, 2.75) is 92.0 Å². The number of ether oxygens (including phenoxy) is 4. The first-order valence-electron chi connectivity index (χ1n) is 12.7. The number of carbonyl (C=O) groups excluding carboxylic acids is 3. The highest BCUT2D eigenvalue weighted by Gasteiger charge is 2.71. The number of hydrogen-bond donors (Lipinski definition) is 1. The molecule has 1 spiro atoms. The van der Waals surface area contributed by atoms with Crippen LogP contribution in [0.5, 0.6) is 0 Å². The summed E-state index contributed by atoms with van der Waals surface area (Å²) in [6.07, 6.45) is 1.79. The Hall–Kier alpha value is -2.45. The Bertz CT molecular complexity index is 951. The fraction of sp³-hybridized carbons (Fsp3) is 0.679. The normalized spacial score (nSPS) is 37.3. The lowest BCUT2D eigenvalue weighted by atomic mass is 9.45. The molecule has 1 N–H and O–H groups in total. The summed E-state index contributed by atoms with van der Waals surface area (Å²) < 4.78 is 23.1. The first-order chi connectivity index (χ1) is 16.8. The highest BCUT2D eigenvalue weighted by atomic mass is 16.8. The van der Waals surface area contributed by atoms with E-state index in [-0.39, 0.29) is 29.1 Å². The Kier molecular flexibility index (Phi) is 8.20. The zero-order valence-corrected chi connectivity index (χ0v) is 22.2. The molecule has 0 aromatic rings. The van der Waals surface area contributed by atoms with Gasteiger partial charge in [-0.3, -0.25) is 19.1 Å². The van der Waals surface area contributed by atoms with Gasteiger partial charge in [-0.05, 0) is 49.0 Å². The minimum atomic E-state index is -1.18. The standard InChI is InChI=1S/C28H40O8/c1-9-16(4)10-11-27(8)17(5)12-23(31)28-21(13-20(14-22(27)28)35-24(32)15(2)3)25(33-18(6)29)36-26(28)34-19(7)30/h9,13,15,17,20,22-23,25-26,31H,1,4,10-12,14H2,2-3,5-8H3. The Morgan fingerprint density at radius 1 is 1.19 bits per heavy atom. The van der Waals surface area contributed by atoms with E-state index in [1.807, 2.05) is 0 Å². The van der Waals surface area contributed by atoms with Crippen LogP contribution in [0.1, 0.15) is 67.2 Å². The van der Waals surface area contributed by atoms with Crippen molar-refractivity contribution >= 4 is 17.9 Å². The molecule has 1 saturated heterocycles. The van der Waals surface area contributed by atoms with E-state index >= 15 is 0 Å². The maximum Gasteiger partial charge on any atom is 0.308 e. The van der Waals surface area contributed by atoms with Gasteiger partial charge in [0.2, 0.25) is 12.6 Å². The molecule has 8 atom stereocenters. The van der Waals surface area contributed by atoms with Crippen molar-refractivity contribution in [3.63, 3.8) is 0 Å². The molecule has 36 heavy (non-hydrogen) atoms. The predicted molar refractivity (Wildman–Crippen MR) is 132 cm³/mol. The molecule has 1 heterocycles. The molecule has 2 aliphatic carbocycles. The lowest BCUT2D eigenvalue weighted by Crippen LogP contribution is -2.63. The minimum absolute atomic E-state index is 0.0762. The Balaban J connectivity index is 2.20. The maximum atomic E-state index is 12.6. The number of hydrogen-bond acceptors (Lipinski definition) is 8. The zero-order valence-electron chi connectivity index (χ0n) is 22.2. The Morgan fingerprint density at radius 2 is 1.83 bits per heavy atom. The molecule has 8 nitrogen and oxygen atoms in total. The summed E-state index contributed by atoms with van der Waals surface area (Å²) in [4.78, 5) is 36.7. The monoisotopic (exact) mass is 504 g/mol. The average molecular weight is 505 g/mol. The third-order valence-electron chi connectivity index (χ3n) is 8.41. The maximum absolute atomic E-state index is 12.6. The summed E-state index contributed by atoms with van der Waals surface area (Å²) in [6.45, 7) is 18.2. The topological polar surface area (TPSA) is 108 Å². The first-order valence-corrected chi connectivity index (χ1v) is 12.7. The van der Waals surface area contributed by atoms with Gasteiger partial charge < -0.3 is 19.3 Å². The van der Waals surface area contributed by atoms with Gasteiger partial charge in [-0.1, -0.05) is 52.5 Å². The molecule has 2 fully saturated rings. The van der Waals surface area contributed by atoms with Crippen LogP contribution in [0, 0.1) is 28.6 Å². The van der Waals surface area contributed by atoms with Crippen LogP contribution in [-0.4, -0.2) is 47.8 Å². The highest BCUT2D eigenvalue weighted by molar-refractivity contribution is 5.72. The average Bonchev–Trinajstić information content (AvgIpc) is 3.07. The fourth-order valence-electron chi connectivity index (χ4n) is 6.30. The summed E-state index contributed by atoms with van der Waals surface area (Å²) in [5.74, 6) is -2.08. The van der Waals surface area contributed by atoms with Crippen molar-refractivity contribution < 1.29 is 38.4 Å². The van der Waals surface area contributed by atoms with Crippen molar-refractivity contribution in [2.75, 3.05) is 0 Å². The molecule has 8 unspecified atom stereocenters.